The Balaban J connectivity index is 2.31. The highest BCUT2D eigenvalue weighted by molar-refractivity contribution is 9.10. The van der Waals surface area contributed by atoms with Crippen molar-refractivity contribution in [2.24, 2.45) is 0 Å². The largest absolute Gasteiger partial charge is 0.298 e. The lowest BCUT2D eigenvalue weighted by atomic mass is 10.1. The van der Waals surface area contributed by atoms with E-state index in [-0.39, 0.29) is 0 Å². The molecule has 0 aliphatic heterocycles. The summed E-state index contributed by atoms with van der Waals surface area (Å²) < 4.78 is 3.04. The van der Waals surface area contributed by atoms with E-state index in [2.05, 4.69) is 56.4 Å². The van der Waals surface area contributed by atoms with Crippen LogP contribution >= 0.6 is 15.9 Å². The third-order valence-electron chi connectivity index (χ3n) is 3.17. The Morgan fingerprint density at radius 1 is 1.17 bits per heavy atom. The average Bonchev–Trinajstić information content (AvgIpc) is 2.73. The molecule has 3 aromatic rings. The van der Waals surface area contributed by atoms with Gasteiger partial charge in [-0.2, -0.15) is 0 Å². The van der Waals surface area contributed by atoms with Gasteiger partial charge >= 0.3 is 0 Å². The highest BCUT2D eigenvalue weighted by Crippen LogP contribution is 2.25. The van der Waals surface area contributed by atoms with E-state index >= 15 is 0 Å². The van der Waals surface area contributed by atoms with Gasteiger partial charge in [0, 0.05) is 12.4 Å². The van der Waals surface area contributed by atoms with Crippen LogP contribution in [0.25, 0.3) is 16.7 Å². The SMILES string of the molecule is Cc1cc2ncn(-c3ccncc3Br)c2cc1C. The van der Waals surface area contributed by atoms with Gasteiger partial charge in [-0.3, -0.25) is 9.55 Å². The monoisotopic (exact) mass is 301 g/mol. The second-order valence-corrected chi connectivity index (χ2v) is 5.22. The molecule has 0 bridgehead atoms. The molecule has 0 fully saturated rings. The highest BCUT2D eigenvalue weighted by Gasteiger charge is 2.08. The van der Waals surface area contributed by atoms with Crippen LogP contribution in [0.1, 0.15) is 11.1 Å². The molecule has 18 heavy (non-hydrogen) atoms. The van der Waals surface area contributed by atoms with Crippen LogP contribution in [0.3, 0.4) is 0 Å². The number of aryl methyl sites for hydroxylation is 2. The minimum atomic E-state index is 0.961. The molecule has 0 radical (unpaired) electrons. The molecule has 4 heteroatoms. The minimum absolute atomic E-state index is 0.961. The lowest BCUT2D eigenvalue weighted by Gasteiger charge is -2.07. The maximum atomic E-state index is 4.46. The first-order valence-corrected chi connectivity index (χ1v) is 6.50. The van der Waals surface area contributed by atoms with Crippen molar-refractivity contribution in [2.45, 2.75) is 13.8 Å². The van der Waals surface area contributed by atoms with Crippen LogP contribution in [0, 0.1) is 13.8 Å². The van der Waals surface area contributed by atoms with Gasteiger partial charge in [0.2, 0.25) is 0 Å². The number of aromatic nitrogens is 3. The van der Waals surface area contributed by atoms with E-state index in [0.29, 0.717) is 0 Å². The van der Waals surface area contributed by atoms with Gasteiger partial charge in [-0.05, 0) is 59.1 Å². The maximum absolute atomic E-state index is 4.46. The fourth-order valence-electron chi connectivity index (χ4n) is 2.02. The molecule has 0 aliphatic rings. The van der Waals surface area contributed by atoms with Gasteiger partial charge in [-0.1, -0.05) is 0 Å². The molecule has 3 nitrogen and oxygen atoms in total. The molecule has 0 aliphatic carbocycles. The number of hydrogen-bond donors (Lipinski definition) is 0. The molecule has 90 valence electrons. The molecule has 0 amide bonds. The predicted octanol–water partition coefficient (Wildman–Crippen LogP) is 3.80. The number of rotatable bonds is 1. The number of nitrogens with zero attached hydrogens (tertiary/aromatic N) is 3. The fraction of sp³-hybridized carbons (Fsp3) is 0.143. The molecular formula is C14H12BrN3. The second kappa shape index (κ2) is 4.21. The van der Waals surface area contributed by atoms with Gasteiger partial charge in [0.15, 0.2) is 0 Å². The molecule has 0 spiro atoms. The minimum Gasteiger partial charge on any atom is -0.298 e. The van der Waals surface area contributed by atoms with E-state index in [4.69, 9.17) is 0 Å². The Kier molecular flexibility index (Phi) is 2.67. The molecule has 0 atom stereocenters. The Bertz CT molecular complexity index is 731. The van der Waals surface area contributed by atoms with Crippen molar-refractivity contribution in [1.29, 1.82) is 0 Å². The van der Waals surface area contributed by atoms with E-state index < -0.39 is 0 Å². The number of benzene rings is 1. The third kappa shape index (κ3) is 1.73. The highest BCUT2D eigenvalue weighted by atomic mass is 79.9. The molecule has 0 unspecified atom stereocenters. The van der Waals surface area contributed by atoms with E-state index in [1.54, 1.807) is 12.4 Å². The van der Waals surface area contributed by atoms with Crippen molar-refractivity contribution in [3.8, 4) is 5.69 Å². The summed E-state index contributed by atoms with van der Waals surface area (Å²) in [7, 11) is 0. The Morgan fingerprint density at radius 2 is 1.94 bits per heavy atom. The van der Waals surface area contributed by atoms with E-state index in [1.165, 1.54) is 11.1 Å². The number of halogens is 1. The topological polar surface area (TPSA) is 30.7 Å². The fourth-order valence-corrected chi connectivity index (χ4v) is 2.46. The molecule has 1 aromatic carbocycles. The number of imidazole rings is 1. The molecule has 2 heterocycles. The van der Waals surface area contributed by atoms with Crippen LogP contribution in [0.2, 0.25) is 0 Å². The first kappa shape index (κ1) is 11.4. The molecule has 3 rings (SSSR count). The molecule has 0 saturated carbocycles. The molecular weight excluding hydrogens is 290 g/mol. The summed E-state index contributed by atoms with van der Waals surface area (Å²) in [4.78, 5) is 8.55. The quantitative estimate of drug-likeness (QED) is 0.684. The zero-order valence-electron chi connectivity index (χ0n) is 10.2. The summed E-state index contributed by atoms with van der Waals surface area (Å²) in [6.07, 6.45) is 5.43. The van der Waals surface area contributed by atoms with Crippen LogP contribution in [0.4, 0.5) is 0 Å². The van der Waals surface area contributed by atoms with Crippen LogP contribution in [0.15, 0.2) is 41.4 Å². The standard InChI is InChI=1S/C14H12BrN3/c1-9-5-12-14(6-10(9)2)18(8-17-12)13-3-4-16-7-11(13)15/h3-8H,1-2H3. The first-order chi connectivity index (χ1) is 8.66. The van der Waals surface area contributed by atoms with Crippen LogP contribution in [-0.4, -0.2) is 14.5 Å². The summed E-state index contributed by atoms with van der Waals surface area (Å²) in [6, 6.07) is 6.27. The maximum Gasteiger partial charge on any atom is 0.100 e. The average molecular weight is 302 g/mol. The smallest absolute Gasteiger partial charge is 0.100 e. The Labute approximate surface area is 114 Å². The van der Waals surface area contributed by atoms with Gasteiger partial charge in [0.25, 0.3) is 0 Å². The summed E-state index contributed by atoms with van der Waals surface area (Å²) in [6.45, 7) is 4.23. The second-order valence-electron chi connectivity index (χ2n) is 4.37. The van der Waals surface area contributed by atoms with Crippen molar-refractivity contribution in [3.63, 3.8) is 0 Å². The molecule has 0 saturated heterocycles. The molecule has 2 aromatic heterocycles. The van der Waals surface area contributed by atoms with Crippen molar-refractivity contribution in [2.75, 3.05) is 0 Å². The van der Waals surface area contributed by atoms with Crippen LogP contribution < -0.4 is 0 Å². The summed E-state index contributed by atoms with van der Waals surface area (Å²) >= 11 is 3.53. The zero-order chi connectivity index (χ0) is 12.7. The van der Waals surface area contributed by atoms with Crippen molar-refractivity contribution >= 4 is 27.0 Å². The van der Waals surface area contributed by atoms with Gasteiger partial charge in [-0.15, -0.1) is 0 Å². The number of pyridine rings is 1. The van der Waals surface area contributed by atoms with Gasteiger partial charge in [0.1, 0.15) is 6.33 Å². The van der Waals surface area contributed by atoms with Gasteiger partial charge in [0.05, 0.1) is 21.2 Å². The summed E-state index contributed by atoms with van der Waals surface area (Å²) in [5, 5.41) is 0. The lowest BCUT2D eigenvalue weighted by Crippen LogP contribution is -1.94. The van der Waals surface area contributed by atoms with Crippen molar-refractivity contribution < 1.29 is 0 Å². The summed E-state index contributed by atoms with van der Waals surface area (Å²) in [5.74, 6) is 0. The number of fused-ring (bicyclic) bond motifs is 1. The van der Waals surface area contributed by atoms with Gasteiger partial charge < -0.3 is 0 Å². The zero-order valence-corrected chi connectivity index (χ0v) is 11.8. The van der Waals surface area contributed by atoms with Crippen molar-refractivity contribution in [3.05, 3.63) is 52.5 Å². The van der Waals surface area contributed by atoms with Crippen molar-refractivity contribution in [1.82, 2.24) is 14.5 Å². The van der Waals surface area contributed by atoms with E-state index in [9.17, 15) is 0 Å². The van der Waals surface area contributed by atoms with Gasteiger partial charge in [-0.25, -0.2) is 4.98 Å². The van der Waals surface area contributed by atoms with Crippen LogP contribution in [-0.2, 0) is 0 Å². The Hall–Kier alpha value is -1.68. The normalized spacial score (nSPS) is 11.1. The third-order valence-corrected chi connectivity index (χ3v) is 3.78. The van der Waals surface area contributed by atoms with E-state index in [1.807, 2.05) is 12.4 Å². The number of hydrogen-bond acceptors (Lipinski definition) is 2. The van der Waals surface area contributed by atoms with Crippen LogP contribution in [0.5, 0.6) is 0 Å². The first-order valence-electron chi connectivity index (χ1n) is 5.71. The van der Waals surface area contributed by atoms with E-state index in [0.717, 1.165) is 21.2 Å². The molecule has 0 N–H and O–H groups in total. The lowest BCUT2D eigenvalue weighted by molar-refractivity contribution is 1.07. The Morgan fingerprint density at radius 3 is 2.72 bits per heavy atom. The predicted molar refractivity (Wildman–Crippen MR) is 76.0 cm³/mol. The summed E-state index contributed by atoms with van der Waals surface area (Å²) in [5.41, 5.74) is 5.72.